The molecule has 0 saturated carbocycles. The van der Waals surface area contributed by atoms with Crippen molar-refractivity contribution in [3.8, 4) is 22.1 Å². The van der Waals surface area contributed by atoms with Crippen LogP contribution in [0.15, 0.2) is 36.4 Å². The predicted molar refractivity (Wildman–Crippen MR) is 107 cm³/mol. The highest BCUT2D eigenvalue weighted by atomic mass is 32.1. The standard InChI is InChI=1S/C21H20N2O4S/c24-16-11-13(20-22-15-4-1-2-6-18(15)28-20)10-14-12-23(7-9-27-19(14)16)21(25)17-5-3-8-26-17/h1-2,4,6,10-11,17,24H,3,5,7-9,12H2/t17-/m1/s1. The van der Waals surface area contributed by atoms with Gasteiger partial charge in [0.05, 0.1) is 16.8 Å². The van der Waals surface area contributed by atoms with Gasteiger partial charge in [0, 0.05) is 24.3 Å². The molecule has 0 bridgehead atoms. The van der Waals surface area contributed by atoms with E-state index in [0.717, 1.165) is 39.2 Å². The molecule has 0 spiro atoms. The summed E-state index contributed by atoms with van der Waals surface area (Å²) in [5.41, 5.74) is 2.55. The highest BCUT2D eigenvalue weighted by molar-refractivity contribution is 7.21. The van der Waals surface area contributed by atoms with Crippen LogP contribution in [0.4, 0.5) is 0 Å². The zero-order valence-corrected chi connectivity index (χ0v) is 16.1. The average molecular weight is 396 g/mol. The molecule has 144 valence electrons. The van der Waals surface area contributed by atoms with Crippen molar-refractivity contribution in [2.45, 2.75) is 25.5 Å². The summed E-state index contributed by atoms with van der Waals surface area (Å²) < 4.78 is 12.4. The molecule has 1 saturated heterocycles. The Morgan fingerprint density at radius 1 is 1.25 bits per heavy atom. The number of carbonyl (C=O) groups is 1. The van der Waals surface area contributed by atoms with E-state index in [-0.39, 0.29) is 17.8 Å². The number of nitrogens with zero attached hydrogens (tertiary/aromatic N) is 2. The highest BCUT2D eigenvalue weighted by Crippen LogP contribution is 2.39. The van der Waals surface area contributed by atoms with E-state index in [2.05, 4.69) is 4.98 Å². The molecule has 3 heterocycles. The Kier molecular flexibility index (Phi) is 4.41. The molecule has 7 heteroatoms. The maximum atomic E-state index is 12.8. The van der Waals surface area contributed by atoms with Gasteiger partial charge < -0.3 is 19.5 Å². The number of para-hydroxylation sites is 1. The Morgan fingerprint density at radius 3 is 2.96 bits per heavy atom. The summed E-state index contributed by atoms with van der Waals surface area (Å²) in [5.74, 6) is 0.532. The van der Waals surface area contributed by atoms with Gasteiger partial charge in [0.25, 0.3) is 5.91 Å². The SMILES string of the molecule is O=C([C@H]1CCCO1)N1CCOc2c(O)cc(-c3nc4ccccc4s3)cc2C1. The minimum absolute atomic E-state index is 0.00108. The minimum atomic E-state index is -0.359. The predicted octanol–water partition coefficient (Wildman–Crippen LogP) is 3.57. The number of carbonyl (C=O) groups excluding carboxylic acids is 1. The third kappa shape index (κ3) is 3.10. The Hall–Kier alpha value is -2.64. The van der Waals surface area contributed by atoms with Crippen molar-refractivity contribution in [3.63, 3.8) is 0 Å². The largest absolute Gasteiger partial charge is 0.504 e. The number of amides is 1. The number of phenols is 1. The number of aromatic nitrogens is 1. The maximum absolute atomic E-state index is 12.8. The quantitative estimate of drug-likeness (QED) is 0.717. The number of benzene rings is 2. The molecule has 1 aromatic heterocycles. The van der Waals surface area contributed by atoms with Gasteiger partial charge in [0.1, 0.15) is 17.7 Å². The van der Waals surface area contributed by atoms with Crippen molar-refractivity contribution in [2.75, 3.05) is 19.8 Å². The summed E-state index contributed by atoms with van der Waals surface area (Å²) in [7, 11) is 0. The monoisotopic (exact) mass is 396 g/mol. The number of phenolic OH excluding ortho intramolecular Hbond substituents is 1. The van der Waals surface area contributed by atoms with Crippen LogP contribution in [0.3, 0.4) is 0 Å². The van der Waals surface area contributed by atoms with Crippen molar-refractivity contribution in [2.24, 2.45) is 0 Å². The number of aromatic hydroxyl groups is 1. The number of hydrogen-bond acceptors (Lipinski definition) is 6. The lowest BCUT2D eigenvalue weighted by Crippen LogP contribution is -2.39. The first kappa shape index (κ1) is 17.5. The summed E-state index contributed by atoms with van der Waals surface area (Å²) in [6.45, 7) is 1.85. The Labute approximate surface area is 166 Å². The van der Waals surface area contributed by atoms with Gasteiger partial charge in [-0.3, -0.25) is 4.79 Å². The van der Waals surface area contributed by atoms with Crippen LogP contribution in [0.1, 0.15) is 18.4 Å². The smallest absolute Gasteiger partial charge is 0.252 e. The second-order valence-corrected chi connectivity index (χ2v) is 8.11. The minimum Gasteiger partial charge on any atom is -0.504 e. The van der Waals surface area contributed by atoms with Crippen LogP contribution < -0.4 is 4.74 Å². The Morgan fingerprint density at radius 2 is 2.14 bits per heavy atom. The van der Waals surface area contributed by atoms with Gasteiger partial charge >= 0.3 is 0 Å². The summed E-state index contributed by atoms with van der Waals surface area (Å²) >= 11 is 1.58. The number of ether oxygens (including phenoxy) is 2. The molecule has 2 aliphatic heterocycles. The Balaban J connectivity index is 1.50. The molecule has 1 N–H and O–H groups in total. The first-order valence-electron chi connectivity index (χ1n) is 9.44. The Bertz CT molecular complexity index is 1010. The number of hydrogen-bond donors (Lipinski definition) is 1. The van der Waals surface area contributed by atoms with E-state index in [1.807, 2.05) is 30.3 Å². The molecule has 5 rings (SSSR count). The fraction of sp³-hybridized carbons (Fsp3) is 0.333. The fourth-order valence-electron chi connectivity index (χ4n) is 3.78. The normalized spacial score (nSPS) is 19.3. The molecule has 3 aromatic rings. The molecule has 1 atom stereocenters. The first-order valence-corrected chi connectivity index (χ1v) is 10.3. The average Bonchev–Trinajstić information content (AvgIpc) is 3.33. The van der Waals surface area contributed by atoms with Gasteiger partial charge in [0.15, 0.2) is 11.5 Å². The molecule has 1 fully saturated rings. The van der Waals surface area contributed by atoms with E-state index in [0.29, 0.717) is 32.1 Å². The van der Waals surface area contributed by atoms with Gasteiger partial charge in [-0.2, -0.15) is 0 Å². The lowest BCUT2D eigenvalue weighted by Gasteiger charge is -2.23. The zero-order chi connectivity index (χ0) is 19.1. The van der Waals surface area contributed by atoms with Crippen LogP contribution in [0, 0.1) is 0 Å². The third-order valence-electron chi connectivity index (χ3n) is 5.17. The topological polar surface area (TPSA) is 71.9 Å². The highest BCUT2D eigenvalue weighted by Gasteiger charge is 2.30. The number of fused-ring (bicyclic) bond motifs is 2. The van der Waals surface area contributed by atoms with Crippen LogP contribution >= 0.6 is 11.3 Å². The first-order chi connectivity index (χ1) is 13.7. The summed E-state index contributed by atoms with van der Waals surface area (Å²) in [5, 5.41) is 11.4. The molecule has 2 aliphatic rings. The van der Waals surface area contributed by atoms with Crippen LogP contribution in [0.2, 0.25) is 0 Å². The van der Waals surface area contributed by atoms with Gasteiger partial charge in [-0.25, -0.2) is 4.98 Å². The fourth-order valence-corrected chi connectivity index (χ4v) is 4.74. The van der Waals surface area contributed by atoms with Crippen molar-refractivity contribution >= 4 is 27.5 Å². The summed E-state index contributed by atoms with van der Waals surface area (Å²) in [4.78, 5) is 19.2. The summed E-state index contributed by atoms with van der Waals surface area (Å²) in [6.07, 6.45) is 1.32. The van der Waals surface area contributed by atoms with Crippen molar-refractivity contribution in [1.82, 2.24) is 9.88 Å². The summed E-state index contributed by atoms with van der Waals surface area (Å²) in [6, 6.07) is 11.6. The molecule has 0 unspecified atom stereocenters. The van der Waals surface area contributed by atoms with Crippen molar-refractivity contribution < 1.29 is 19.4 Å². The van der Waals surface area contributed by atoms with Crippen LogP contribution in [-0.2, 0) is 16.1 Å². The lowest BCUT2D eigenvalue weighted by atomic mass is 10.1. The molecule has 28 heavy (non-hydrogen) atoms. The molecule has 6 nitrogen and oxygen atoms in total. The second-order valence-electron chi connectivity index (χ2n) is 7.08. The van der Waals surface area contributed by atoms with Gasteiger partial charge in [-0.1, -0.05) is 12.1 Å². The lowest BCUT2D eigenvalue weighted by molar-refractivity contribution is -0.141. The van der Waals surface area contributed by atoms with Crippen molar-refractivity contribution in [1.29, 1.82) is 0 Å². The van der Waals surface area contributed by atoms with Gasteiger partial charge in [0.2, 0.25) is 0 Å². The molecule has 0 aliphatic carbocycles. The third-order valence-corrected chi connectivity index (χ3v) is 6.26. The van der Waals surface area contributed by atoms with Crippen LogP contribution in [-0.4, -0.2) is 46.8 Å². The van der Waals surface area contributed by atoms with Crippen LogP contribution in [0.5, 0.6) is 11.5 Å². The van der Waals surface area contributed by atoms with E-state index in [9.17, 15) is 9.90 Å². The number of thiazole rings is 1. The molecular weight excluding hydrogens is 376 g/mol. The zero-order valence-electron chi connectivity index (χ0n) is 15.3. The van der Waals surface area contributed by atoms with E-state index >= 15 is 0 Å². The van der Waals surface area contributed by atoms with E-state index < -0.39 is 0 Å². The van der Waals surface area contributed by atoms with E-state index in [1.54, 1.807) is 22.3 Å². The van der Waals surface area contributed by atoms with E-state index in [1.165, 1.54) is 0 Å². The van der Waals surface area contributed by atoms with Crippen LogP contribution in [0.25, 0.3) is 20.8 Å². The molecule has 1 amide bonds. The van der Waals surface area contributed by atoms with Gasteiger partial charge in [-0.05, 0) is 37.1 Å². The maximum Gasteiger partial charge on any atom is 0.252 e. The van der Waals surface area contributed by atoms with E-state index in [4.69, 9.17) is 9.47 Å². The molecule has 2 aromatic carbocycles. The number of rotatable bonds is 2. The second kappa shape index (κ2) is 7.07. The van der Waals surface area contributed by atoms with Gasteiger partial charge in [-0.15, -0.1) is 11.3 Å². The molecule has 0 radical (unpaired) electrons. The van der Waals surface area contributed by atoms with Crippen molar-refractivity contribution in [3.05, 3.63) is 42.0 Å². The molecular formula is C21H20N2O4S.